The molecule has 2 aromatic carbocycles. The van der Waals surface area contributed by atoms with Crippen LogP contribution in [0.4, 0.5) is 11.5 Å². The van der Waals surface area contributed by atoms with Crippen LogP contribution in [0.15, 0.2) is 54.9 Å². The van der Waals surface area contributed by atoms with Crippen molar-refractivity contribution in [3.05, 3.63) is 71.5 Å². The number of hydrogen-bond acceptors (Lipinski definition) is 9. The summed E-state index contributed by atoms with van der Waals surface area (Å²) >= 11 is 0. The Morgan fingerprint density at radius 3 is 2.79 bits per heavy atom. The Kier molecular flexibility index (Phi) is 7.22. The predicted octanol–water partition coefficient (Wildman–Crippen LogP) is 3.94. The average molecular weight is 585 g/mol. The van der Waals surface area contributed by atoms with Gasteiger partial charge in [0.1, 0.15) is 23.2 Å². The third-order valence-corrected chi connectivity index (χ3v) is 7.30. The van der Waals surface area contributed by atoms with Gasteiger partial charge in [0.2, 0.25) is 5.91 Å². The second kappa shape index (κ2) is 11.0. The first kappa shape index (κ1) is 28.2. The van der Waals surface area contributed by atoms with Crippen LogP contribution in [0, 0.1) is 0 Å². The van der Waals surface area contributed by atoms with Crippen molar-refractivity contribution in [1.82, 2.24) is 19.5 Å². The monoisotopic (exact) mass is 584 g/mol. The number of ether oxygens (including phenoxy) is 3. The molecule has 2 aromatic heterocycles. The van der Waals surface area contributed by atoms with E-state index in [9.17, 15) is 14.4 Å². The van der Waals surface area contributed by atoms with E-state index in [2.05, 4.69) is 10.4 Å². The van der Waals surface area contributed by atoms with Gasteiger partial charge in [0, 0.05) is 41.5 Å². The maximum absolute atomic E-state index is 13.3. The largest absolute Gasteiger partial charge is 0.467 e. The zero-order valence-corrected chi connectivity index (χ0v) is 24.1. The molecule has 222 valence electrons. The molecule has 2 aliphatic heterocycles. The Morgan fingerprint density at radius 1 is 1.16 bits per heavy atom. The van der Waals surface area contributed by atoms with Crippen LogP contribution in [-0.2, 0) is 32.2 Å². The van der Waals surface area contributed by atoms with E-state index >= 15 is 0 Å². The Balaban J connectivity index is 1.23. The quantitative estimate of drug-likeness (QED) is 0.294. The number of anilines is 2. The molecular weight excluding hydrogens is 552 g/mol. The second-order valence-electron chi connectivity index (χ2n) is 11.5. The van der Waals surface area contributed by atoms with Crippen LogP contribution in [0.2, 0.25) is 0 Å². The molecule has 43 heavy (non-hydrogen) atoms. The van der Waals surface area contributed by atoms with Crippen LogP contribution >= 0.6 is 0 Å². The first-order valence-electron chi connectivity index (χ1n) is 14.0. The lowest BCUT2D eigenvalue weighted by atomic mass is 10.0. The smallest absolute Gasteiger partial charge is 0.306 e. The molecule has 0 fully saturated rings. The molecule has 12 heteroatoms. The molecule has 2 aliphatic rings. The van der Waals surface area contributed by atoms with Gasteiger partial charge >= 0.3 is 5.97 Å². The molecule has 4 heterocycles. The molecular formula is C31H32N6O6. The number of rotatable bonds is 8. The Labute approximate surface area is 247 Å². The number of aromatic nitrogens is 3. The molecule has 0 saturated heterocycles. The summed E-state index contributed by atoms with van der Waals surface area (Å²) in [5.74, 6) is -0.0428. The first-order valence-corrected chi connectivity index (χ1v) is 14.0. The first-order chi connectivity index (χ1) is 20.6. The van der Waals surface area contributed by atoms with Crippen LogP contribution in [-0.4, -0.2) is 55.7 Å². The topological polar surface area (TPSA) is 150 Å². The van der Waals surface area contributed by atoms with E-state index in [1.165, 1.54) is 4.90 Å². The summed E-state index contributed by atoms with van der Waals surface area (Å²) < 4.78 is 18.1. The number of amides is 2. The summed E-state index contributed by atoms with van der Waals surface area (Å²) in [6, 6.07) is 12.1. The number of nitrogens with two attached hydrogens (primary N) is 1. The zero-order valence-electron chi connectivity index (χ0n) is 24.1. The van der Waals surface area contributed by atoms with E-state index in [1.807, 2.05) is 42.6 Å². The molecule has 6 rings (SSSR count). The number of fused-ring (bicyclic) bond motifs is 3. The SMILES string of the molecule is CC(C)(C)OC(=O)CC[C@@H](C(N)=O)N1Cc2cc(-c3cnn4ccc(Nc5cccc6c5COCO6)nc34)ccc2C1=O. The van der Waals surface area contributed by atoms with Crippen molar-refractivity contribution in [2.24, 2.45) is 5.73 Å². The summed E-state index contributed by atoms with van der Waals surface area (Å²) in [7, 11) is 0. The van der Waals surface area contributed by atoms with Gasteiger partial charge in [-0.25, -0.2) is 9.50 Å². The fraction of sp³-hybridized carbons (Fsp3) is 0.323. The number of hydrogen-bond donors (Lipinski definition) is 2. The summed E-state index contributed by atoms with van der Waals surface area (Å²) in [4.78, 5) is 44.2. The number of carbonyl (C=O) groups is 3. The van der Waals surface area contributed by atoms with Crippen LogP contribution in [0.5, 0.6) is 5.75 Å². The van der Waals surface area contributed by atoms with E-state index in [1.54, 1.807) is 37.5 Å². The lowest BCUT2D eigenvalue weighted by molar-refractivity contribution is -0.155. The van der Waals surface area contributed by atoms with Crippen molar-refractivity contribution in [3.8, 4) is 16.9 Å². The molecule has 0 saturated carbocycles. The number of nitrogens with one attached hydrogen (secondary N) is 1. The minimum Gasteiger partial charge on any atom is -0.467 e. The van der Waals surface area contributed by atoms with Crippen LogP contribution in [0.1, 0.15) is 55.1 Å². The van der Waals surface area contributed by atoms with Gasteiger partial charge in [0.25, 0.3) is 5.91 Å². The normalized spacial score (nSPS) is 15.0. The lowest BCUT2D eigenvalue weighted by Gasteiger charge is -2.25. The van der Waals surface area contributed by atoms with E-state index in [0.717, 1.165) is 33.7 Å². The zero-order chi connectivity index (χ0) is 30.3. The van der Waals surface area contributed by atoms with Crippen LogP contribution < -0.4 is 15.8 Å². The summed E-state index contributed by atoms with van der Waals surface area (Å²) in [6.45, 7) is 6.15. The molecule has 0 bridgehead atoms. The van der Waals surface area contributed by atoms with Crippen LogP contribution in [0.25, 0.3) is 16.8 Å². The van der Waals surface area contributed by atoms with Gasteiger partial charge in [-0.05, 0) is 68.7 Å². The maximum Gasteiger partial charge on any atom is 0.306 e. The molecule has 0 unspecified atom stereocenters. The number of carbonyl (C=O) groups excluding carboxylic acids is 3. The number of primary amides is 1. The highest BCUT2D eigenvalue weighted by molar-refractivity contribution is 6.01. The van der Waals surface area contributed by atoms with Crippen LogP contribution in [0.3, 0.4) is 0 Å². The van der Waals surface area contributed by atoms with Crippen molar-refractivity contribution in [2.45, 2.75) is 58.4 Å². The van der Waals surface area contributed by atoms with E-state index in [-0.39, 0.29) is 32.1 Å². The van der Waals surface area contributed by atoms with Gasteiger partial charge in [-0.1, -0.05) is 12.1 Å². The molecule has 0 radical (unpaired) electrons. The van der Waals surface area contributed by atoms with Gasteiger partial charge < -0.3 is 30.2 Å². The van der Waals surface area contributed by atoms with Gasteiger partial charge in [0.05, 0.1) is 12.8 Å². The Morgan fingerprint density at radius 2 is 2.00 bits per heavy atom. The fourth-order valence-corrected chi connectivity index (χ4v) is 5.36. The van der Waals surface area contributed by atoms with E-state index in [0.29, 0.717) is 23.6 Å². The summed E-state index contributed by atoms with van der Waals surface area (Å²) in [5.41, 5.74) is 10.2. The lowest BCUT2D eigenvalue weighted by Crippen LogP contribution is -2.45. The molecule has 4 aromatic rings. The van der Waals surface area contributed by atoms with Gasteiger partial charge in [-0.15, -0.1) is 0 Å². The third-order valence-electron chi connectivity index (χ3n) is 7.30. The average Bonchev–Trinajstić information content (AvgIpc) is 3.52. The summed E-state index contributed by atoms with van der Waals surface area (Å²) in [5, 5.41) is 7.82. The van der Waals surface area contributed by atoms with Crippen molar-refractivity contribution in [3.63, 3.8) is 0 Å². The Hall–Kier alpha value is -4.97. The molecule has 12 nitrogen and oxygen atoms in total. The minimum atomic E-state index is -0.942. The Bertz CT molecular complexity index is 1740. The van der Waals surface area contributed by atoms with E-state index in [4.69, 9.17) is 24.9 Å². The highest BCUT2D eigenvalue weighted by Gasteiger charge is 2.36. The third kappa shape index (κ3) is 5.73. The summed E-state index contributed by atoms with van der Waals surface area (Å²) in [6.07, 6.45) is 3.58. The highest BCUT2D eigenvalue weighted by atomic mass is 16.7. The van der Waals surface area contributed by atoms with Gasteiger partial charge in [-0.2, -0.15) is 5.10 Å². The van der Waals surface area contributed by atoms with Gasteiger partial charge in [0.15, 0.2) is 12.4 Å². The number of esters is 1. The van der Waals surface area contributed by atoms with E-state index < -0.39 is 23.5 Å². The molecule has 1 atom stereocenters. The van der Waals surface area contributed by atoms with Crippen molar-refractivity contribution in [2.75, 3.05) is 12.1 Å². The molecule has 2 amide bonds. The second-order valence-corrected chi connectivity index (χ2v) is 11.5. The maximum atomic E-state index is 13.3. The minimum absolute atomic E-state index is 0.0352. The van der Waals surface area contributed by atoms with Crippen molar-refractivity contribution >= 4 is 34.9 Å². The van der Waals surface area contributed by atoms with Crippen molar-refractivity contribution < 1.29 is 28.6 Å². The van der Waals surface area contributed by atoms with Gasteiger partial charge in [-0.3, -0.25) is 14.4 Å². The standard InChI is InChI=1S/C31H32N6O6/c1-31(2,3)43-27(38)10-9-24(28(32)39)36-15-19-13-18(7-8-20(19)30(36)40)21-14-33-37-12-11-26(35-29(21)37)34-23-5-4-6-25-22(23)16-41-17-42-25/h4-8,11-14,24H,9-10,15-17H2,1-3H3,(H2,32,39)(H,34,35)/t24-/m0/s1. The molecule has 0 aliphatic carbocycles. The predicted molar refractivity (Wildman–Crippen MR) is 156 cm³/mol. The molecule has 0 spiro atoms. The highest BCUT2D eigenvalue weighted by Crippen LogP contribution is 2.34. The van der Waals surface area contributed by atoms with Crippen molar-refractivity contribution in [1.29, 1.82) is 0 Å². The fourth-order valence-electron chi connectivity index (χ4n) is 5.36. The number of nitrogens with zero attached hydrogens (tertiary/aromatic N) is 4. The number of benzene rings is 2. The molecule has 3 N–H and O–H groups in total.